The fourth-order valence-electron chi connectivity index (χ4n) is 4.01. The van der Waals surface area contributed by atoms with E-state index in [2.05, 4.69) is 6.92 Å². The number of nitrogens with zero attached hydrogens (tertiary/aromatic N) is 1. The van der Waals surface area contributed by atoms with Gasteiger partial charge in [0.15, 0.2) is 11.6 Å². The van der Waals surface area contributed by atoms with Crippen molar-refractivity contribution in [1.29, 1.82) is 0 Å². The van der Waals surface area contributed by atoms with E-state index in [0.29, 0.717) is 23.7 Å². The number of Topliss-reactive ketones (excluding diaryl/α,β-unsaturated/α-hetero) is 1. The lowest BCUT2D eigenvalue weighted by molar-refractivity contribution is -0.140. The molecule has 1 fully saturated rings. The first-order valence-electron chi connectivity index (χ1n) is 11.3. The molecule has 1 atom stereocenters. The smallest absolute Gasteiger partial charge is 0.296 e. The number of carbonyl (C=O) groups is 2. The molecule has 4 rings (SSSR count). The van der Waals surface area contributed by atoms with Gasteiger partial charge in [0, 0.05) is 5.56 Å². The van der Waals surface area contributed by atoms with Gasteiger partial charge in [0.25, 0.3) is 11.7 Å². The molecule has 0 radical (unpaired) electrons. The zero-order valence-corrected chi connectivity index (χ0v) is 19.5. The molecule has 0 aliphatic carbocycles. The number of rotatable bonds is 9. The Hall–Kier alpha value is -4.07. The largest absolute Gasteiger partial charge is 0.507 e. The van der Waals surface area contributed by atoms with Crippen LogP contribution in [-0.4, -0.2) is 35.4 Å². The van der Waals surface area contributed by atoms with Crippen molar-refractivity contribution in [3.63, 3.8) is 0 Å². The second-order valence-corrected chi connectivity index (χ2v) is 8.13. The van der Waals surface area contributed by atoms with Crippen LogP contribution in [0.1, 0.15) is 42.7 Å². The SMILES string of the molecule is CCCCOc1ccc(C2/C(=C(/O)c3ccc(OC)c(F)c3)C(=O)C(=O)N2Cc2ccco2)cc1. The predicted octanol–water partition coefficient (Wildman–Crippen LogP) is 5.23. The Morgan fingerprint density at radius 1 is 1.14 bits per heavy atom. The highest BCUT2D eigenvalue weighted by Gasteiger charge is 2.46. The maximum Gasteiger partial charge on any atom is 0.296 e. The topological polar surface area (TPSA) is 89.2 Å². The average molecular weight is 480 g/mol. The first kappa shape index (κ1) is 24.1. The number of benzene rings is 2. The highest BCUT2D eigenvalue weighted by Crippen LogP contribution is 2.41. The molecule has 7 nitrogen and oxygen atoms in total. The molecule has 3 aromatic rings. The van der Waals surface area contributed by atoms with Gasteiger partial charge in [0.1, 0.15) is 17.3 Å². The number of aliphatic hydroxyl groups is 1. The third kappa shape index (κ3) is 4.91. The maximum absolute atomic E-state index is 14.3. The van der Waals surface area contributed by atoms with Crippen LogP contribution in [-0.2, 0) is 16.1 Å². The Morgan fingerprint density at radius 2 is 1.91 bits per heavy atom. The summed E-state index contributed by atoms with van der Waals surface area (Å²) in [5, 5.41) is 11.1. The molecule has 1 unspecified atom stereocenters. The summed E-state index contributed by atoms with van der Waals surface area (Å²) in [5.41, 5.74) is 0.517. The van der Waals surface area contributed by atoms with Crippen molar-refractivity contribution in [3.05, 3.63) is 89.1 Å². The minimum atomic E-state index is -0.907. The summed E-state index contributed by atoms with van der Waals surface area (Å²) in [6.45, 7) is 2.67. The Bertz CT molecular complexity index is 1230. The molecule has 2 heterocycles. The lowest BCUT2D eigenvalue weighted by Crippen LogP contribution is -2.29. The van der Waals surface area contributed by atoms with Crippen LogP contribution in [0.3, 0.4) is 0 Å². The van der Waals surface area contributed by atoms with Gasteiger partial charge in [-0.1, -0.05) is 25.5 Å². The monoisotopic (exact) mass is 479 g/mol. The van der Waals surface area contributed by atoms with Crippen molar-refractivity contribution >= 4 is 17.4 Å². The average Bonchev–Trinajstić information content (AvgIpc) is 3.46. The standard InChI is InChI=1S/C27H26FNO6/c1-3-4-13-34-19-10-7-17(8-11-19)24-23(25(30)18-9-12-22(33-2)21(28)15-18)26(31)27(32)29(24)16-20-6-5-14-35-20/h5-12,14-15,24,30H,3-4,13,16H2,1-2H3/b25-23-. The molecule has 35 heavy (non-hydrogen) atoms. The van der Waals surface area contributed by atoms with E-state index in [4.69, 9.17) is 13.9 Å². The third-order valence-electron chi connectivity index (χ3n) is 5.83. The molecule has 0 saturated carbocycles. The number of unbranched alkanes of at least 4 members (excludes halogenated alkanes) is 1. The fraction of sp³-hybridized carbons (Fsp3) is 0.259. The highest BCUT2D eigenvalue weighted by atomic mass is 19.1. The van der Waals surface area contributed by atoms with Crippen LogP contribution in [0.5, 0.6) is 11.5 Å². The van der Waals surface area contributed by atoms with Gasteiger partial charge in [-0.2, -0.15) is 0 Å². The van der Waals surface area contributed by atoms with Gasteiger partial charge in [-0.15, -0.1) is 0 Å². The number of amides is 1. The van der Waals surface area contributed by atoms with Gasteiger partial charge >= 0.3 is 0 Å². The van der Waals surface area contributed by atoms with E-state index < -0.39 is 29.3 Å². The van der Waals surface area contributed by atoms with Gasteiger partial charge < -0.3 is 23.9 Å². The molecule has 0 spiro atoms. The Balaban J connectivity index is 1.77. The van der Waals surface area contributed by atoms with Crippen LogP contribution in [0.4, 0.5) is 4.39 Å². The minimum absolute atomic E-state index is 0.00460. The van der Waals surface area contributed by atoms with E-state index in [-0.39, 0.29) is 23.4 Å². The number of ether oxygens (including phenoxy) is 2. The van der Waals surface area contributed by atoms with Crippen LogP contribution in [0.15, 0.2) is 70.9 Å². The van der Waals surface area contributed by atoms with Crippen LogP contribution in [0, 0.1) is 5.82 Å². The third-order valence-corrected chi connectivity index (χ3v) is 5.83. The number of aliphatic hydroxyl groups excluding tert-OH is 1. The van der Waals surface area contributed by atoms with Crippen molar-refractivity contribution in [2.24, 2.45) is 0 Å². The molecule has 1 aliphatic heterocycles. The van der Waals surface area contributed by atoms with Crippen LogP contribution in [0.25, 0.3) is 5.76 Å². The first-order chi connectivity index (χ1) is 16.9. The zero-order valence-electron chi connectivity index (χ0n) is 19.5. The molecule has 1 aromatic heterocycles. The highest BCUT2D eigenvalue weighted by molar-refractivity contribution is 6.46. The Labute approximate surface area is 202 Å². The lowest BCUT2D eigenvalue weighted by Gasteiger charge is -2.24. The fourth-order valence-corrected chi connectivity index (χ4v) is 4.01. The van der Waals surface area contributed by atoms with E-state index in [1.807, 2.05) is 0 Å². The minimum Gasteiger partial charge on any atom is -0.507 e. The van der Waals surface area contributed by atoms with E-state index in [9.17, 15) is 19.1 Å². The number of methoxy groups -OCH3 is 1. The molecule has 182 valence electrons. The number of hydrogen-bond acceptors (Lipinski definition) is 6. The molecule has 1 saturated heterocycles. The Morgan fingerprint density at radius 3 is 2.54 bits per heavy atom. The van der Waals surface area contributed by atoms with Gasteiger partial charge in [-0.25, -0.2) is 4.39 Å². The summed E-state index contributed by atoms with van der Waals surface area (Å²) < 4.78 is 30.4. The quantitative estimate of drug-likeness (QED) is 0.196. The lowest BCUT2D eigenvalue weighted by atomic mass is 9.95. The van der Waals surface area contributed by atoms with Gasteiger partial charge in [0.2, 0.25) is 0 Å². The summed E-state index contributed by atoms with van der Waals surface area (Å²) in [4.78, 5) is 27.5. The van der Waals surface area contributed by atoms with Crippen LogP contribution < -0.4 is 9.47 Å². The number of halogens is 1. The summed E-state index contributed by atoms with van der Waals surface area (Å²) in [6, 6.07) is 13.3. The number of carbonyl (C=O) groups excluding carboxylic acids is 2. The summed E-state index contributed by atoms with van der Waals surface area (Å²) >= 11 is 0. The molecular weight excluding hydrogens is 453 g/mol. The molecule has 1 N–H and O–H groups in total. The maximum atomic E-state index is 14.3. The summed E-state index contributed by atoms with van der Waals surface area (Å²) in [5.74, 6) is -1.69. The van der Waals surface area contributed by atoms with Crippen molar-refractivity contribution in [2.45, 2.75) is 32.4 Å². The number of likely N-dealkylation sites (tertiary alicyclic amines) is 1. The van der Waals surface area contributed by atoms with Gasteiger partial charge in [-0.05, 0) is 54.4 Å². The van der Waals surface area contributed by atoms with Gasteiger partial charge in [0.05, 0.1) is 38.1 Å². The van der Waals surface area contributed by atoms with Crippen molar-refractivity contribution in [2.75, 3.05) is 13.7 Å². The van der Waals surface area contributed by atoms with Gasteiger partial charge in [-0.3, -0.25) is 9.59 Å². The van der Waals surface area contributed by atoms with E-state index in [1.165, 1.54) is 30.4 Å². The summed E-state index contributed by atoms with van der Waals surface area (Å²) in [7, 11) is 1.33. The summed E-state index contributed by atoms with van der Waals surface area (Å²) in [6.07, 6.45) is 3.40. The van der Waals surface area contributed by atoms with E-state index in [0.717, 1.165) is 18.9 Å². The zero-order chi connectivity index (χ0) is 24.9. The normalized spacial score (nSPS) is 17.1. The second kappa shape index (κ2) is 10.5. The van der Waals surface area contributed by atoms with Crippen molar-refractivity contribution in [3.8, 4) is 11.5 Å². The number of ketones is 1. The predicted molar refractivity (Wildman–Crippen MR) is 126 cm³/mol. The molecular formula is C27H26FNO6. The van der Waals surface area contributed by atoms with Crippen LogP contribution in [0.2, 0.25) is 0 Å². The molecule has 1 aliphatic rings. The second-order valence-electron chi connectivity index (χ2n) is 8.13. The van der Waals surface area contributed by atoms with Crippen LogP contribution >= 0.6 is 0 Å². The molecule has 2 aromatic carbocycles. The van der Waals surface area contributed by atoms with E-state index in [1.54, 1.807) is 36.4 Å². The Kier molecular flexibility index (Phi) is 7.19. The van der Waals surface area contributed by atoms with Crippen molar-refractivity contribution < 1.29 is 33.0 Å². The number of furan rings is 1. The number of hydrogen-bond donors (Lipinski definition) is 1. The van der Waals surface area contributed by atoms with E-state index >= 15 is 0 Å². The first-order valence-corrected chi connectivity index (χ1v) is 11.3. The molecule has 0 bridgehead atoms. The molecule has 1 amide bonds. The molecule has 8 heteroatoms. The van der Waals surface area contributed by atoms with Crippen molar-refractivity contribution in [1.82, 2.24) is 4.90 Å².